The monoisotopic (exact) mass is 203 g/mol. The summed E-state index contributed by atoms with van der Waals surface area (Å²) in [4.78, 5) is 2.39. The minimum atomic E-state index is 0.803. The van der Waals surface area contributed by atoms with E-state index in [1.54, 1.807) is 5.56 Å². The molecule has 0 saturated carbocycles. The van der Waals surface area contributed by atoms with E-state index in [-0.39, 0.29) is 0 Å². The summed E-state index contributed by atoms with van der Waals surface area (Å²) in [6.45, 7) is 3.49. The first-order valence-corrected chi connectivity index (χ1v) is 6.13. The molecule has 0 aromatic heterocycles. The van der Waals surface area contributed by atoms with Gasteiger partial charge in [0.25, 0.3) is 0 Å². The summed E-state index contributed by atoms with van der Waals surface area (Å²) in [7, 11) is 2.20. The molecule has 1 aromatic rings. The molecule has 1 aliphatic heterocycles. The molecule has 0 radical (unpaired) electrons. The number of unbranched alkanes of at least 4 members (excludes halogenated alkanes) is 1. The van der Waals surface area contributed by atoms with E-state index in [2.05, 4.69) is 43.1 Å². The van der Waals surface area contributed by atoms with Crippen molar-refractivity contribution in [3.8, 4) is 0 Å². The topological polar surface area (TPSA) is 3.24 Å². The number of nitrogens with zero attached hydrogens (tertiary/aromatic N) is 1. The summed E-state index contributed by atoms with van der Waals surface area (Å²) in [6.07, 6.45) is 5.37. The van der Waals surface area contributed by atoms with Crippen LogP contribution in [-0.2, 0) is 0 Å². The summed E-state index contributed by atoms with van der Waals surface area (Å²) in [6, 6.07) is 8.90. The fraction of sp³-hybridized carbons (Fsp3) is 0.571. The average Bonchev–Trinajstić information content (AvgIpc) is 2.29. The fourth-order valence-electron chi connectivity index (χ4n) is 2.56. The molecule has 1 heteroatoms. The minimum Gasteiger partial charge on any atom is -0.374 e. The van der Waals surface area contributed by atoms with Crippen LogP contribution in [0.5, 0.6) is 0 Å². The van der Waals surface area contributed by atoms with Crippen molar-refractivity contribution in [3.63, 3.8) is 0 Å². The van der Waals surface area contributed by atoms with E-state index < -0.39 is 0 Å². The lowest BCUT2D eigenvalue weighted by atomic mass is 9.86. The van der Waals surface area contributed by atoms with Gasteiger partial charge in [0.1, 0.15) is 0 Å². The maximum absolute atomic E-state index is 2.39. The highest BCUT2D eigenvalue weighted by Crippen LogP contribution is 2.36. The van der Waals surface area contributed by atoms with Crippen LogP contribution in [0.1, 0.15) is 44.1 Å². The molecule has 1 nitrogen and oxygen atoms in total. The van der Waals surface area contributed by atoms with Gasteiger partial charge in [-0.15, -0.1) is 0 Å². The zero-order chi connectivity index (χ0) is 10.7. The standard InChI is InChI=1S/C14H21N/c1-3-4-7-12-10-11-15(2)14-9-6-5-8-13(12)14/h5-6,8-9,12H,3-4,7,10-11H2,1-2H3. The number of para-hydroxylation sites is 1. The first-order valence-electron chi connectivity index (χ1n) is 6.13. The normalized spacial score (nSPS) is 20.1. The molecule has 0 aliphatic carbocycles. The smallest absolute Gasteiger partial charge is 0.0399 e. The zero-order valence-electron chi connectivity index (χ0n) is 9.87. The molecular formula is C14H21N. The van der Waals surface area contributed by atoms with Crippen LogP contribution in [-0.4, -0.2) is 13.6 Å². The molecule has 1 aromatic carbocycles. The van der Waals surface area contributed by atoms with E-state index in [9.17, 15) is 0 Å². The van der Waals surface area contributed by atoms with Gasteiger partial charge >= 0.3 is 0 Å². The Morgan fingerprint density at radius 3 is 2.93 bits per heavy atom. The Morgan fingerprint density at radius 2 is 2.13 bits per heavy atom. The molecule has 0 saturated heterocycles. The maximum Gasteiger partial charge on any atom is 0.0399 e. The zero-order valence-corrected chi connectivity index (χ0v) is 9.87. The fourth-order valence-corrected chi connectivity index (χ4v) is 2.56. The van der Waals surface area contributed by atoms with Gasteiger partial charge < -0.3 is 4.90 Å². The summed E-state index contributed by atoms with van der Waals surface area (Å²) in [5, 5.41) is 0. The summed E-state index contributed by atoms with van der Waals surface area (Å²) in [5.41, 5.74) is 3.02. The molecule has 1 aliphatic rings. The van der Waals surface area contributed by atoms with Gasteiger partial charge in [0.2, 0.25) is 0 Å². The highest BCUT2D eigenvalue weighted by Gasteiger charge is 2.21. The van der Waals surface area contributed by atoms with E-state index >= 15 is 0 Å². The second-order valence-electron chi connectivity index (χ2n) is 4.61. The van der Waals surface area contributed by atoms with E-state index in [0.717, 1.165) is 5.92 Å². The van der Waals surface area contributed by atoms with Crippen LogP contribution in [0.4, 0.5) is 5.69 Å². The Labute approximate surface area is 93.1 Å². The maximum atomic E-state index is 2.39. The van der Waals surface area contributed by atoms with Gasteiger partial charge in [0.05, 0.1) is 0 Å². The lowest BCUT2D eigenvalue weighted by Gasteiger charge is -2.33. The Bertz CT molecular complexity index is 319. The first-order chi connectivity index (χ1) is 7.33. The van der Waals surface area contributed by atoms with Gasteiger partial charge in [-0.3, -0.25) is 0 Å². The van der Waals surface area contributed by atoms with E-state index in [4.69, 9.17) is 0 Å². The van der Waals surface area contributed by atoms with Crippen LogP contribution in [0.15, 0.2) is 24.3 Å². The second kappa shape index (κ2) is 4.69. The van der Waals surface area contributed by atoms with Crippen molar-refractivity contribution in [1.29, 1.82) is 0 Å². The number of rotatable bonds is 3. The Kier molecular flexibility index (Phi) is 3.30. The summed E-state index contributed by atoms with van der Waals surface area (Å²) in [5.74, 6) is 0.803. The number of benzene rings is 1. The molecule has 1 atom stereocenters. The Morgan fingerprint density at radius 1 is 1.33 bits per heavy atom. The van der Waals surface area contributed by atoms with Crippen LogP contribution < -0.4 is 4.90 Å². The molecule has 0 bridgehead atoms. The number of anilines is 1. The second-order valence-corrected chi connectivity index (χ2v) is 4.61. The molecule has 2 rings (SSSR count). The largest absolute Gasteiger partial charge is 0.374 e. The van der Waals surface area contributed by atoms with Crippen molar-refractivity contribution in [2.45, 2.75) is 38.5 Å². The molecule has 1 unspecified atom stereocenters. The summed E-state index contributed by atoms with van der Waals surface area (Å²) >= 11 is 0. The van der Waals surface area contributed by atoms with Gasteiger partial charge in [-0.1, -0.05) is 38.0 Å². The van der Waals surface area contributed by atoms with Crippen molar-refractivity contribution >= 4 is 5.69 Å². The SMILES string of the molecule is CCCCC1CCN(C)c2ccccc21. The van der Waals surface area contributed by atoms with E-state index in [1.165, 1.54) is 37.9 Å². The molecule has 0 amide bonds. The van der Waals surface area contributed by atoms with Gasteiger partial charge in [-0.25, -0.2) is 0 Å². The molecule has 0 spiro atoms. The molecule has 0 fully saturated rings. The third-order valence-corrected chi connectivity index (χ3v) is 3.51. The number of fused-ring (bicyclic) bond motifs is 1. The van der Waals surface area contributed by atoms with Gasteiger partial charge in [0.15, 0.2) is 0 Å². The van der Waals surface area contributed by atoms with Crippen LogP contribution >= 0.6 is 0 Å². The predicted octanol–water partition coefficient (Wildman–Crippen LogP) is 3.80. The quantitative estimate of drug-likeness (QED) is 0.722. The third kappa shape index (κ3) is 2.17. The van der Waals surface area contributed by atoms with Crippen LogP contribution in [0, 0.1) is 0 Å². The van der Waals surface area contributed by atoms with Crippen molar-refractivity contribution < 1.29 is 0 Å². The van der Waals surface area contributed by atoms with Gasteiger partial charge in [0, 0.05) is 19.3 Å². The molecule has 82 valence electrons. The molecular weight excluding hydrogens is 182 g/mol. The Hall–Kier alpha value is -0.980. The van der Waals surface area contributed by atoms with Crippen LogP contribution in [0.3, 0.4) is 0 Å². The van der Waals surface area contributed by atoms with Crippen molar-refractivity contribution in [1.82, 2.24) is 0 Å². The number of hydrogen-bond donors (Lipinski definition) is 0. The van der Waals surface area contributed by atoms with E-state index in [0.29, 0.717) is 0 Å². The average molecular weight is 203 g/mol. The first kappa shape index (κ1) is 10.5. The highest BCUT2D eigenvalue weighted by molar-refractivity contribution is 5.56. The Balaban J connectivity index is 2.20. The van der Waals surface area contributed by atoms with Crippen molar-refractivity contribution in [2.75, 3.05) is 18.5 Å². The molecule has 15 heavy (non-hydrogen) atoms. The number of hydrogen-bond acceptors (Lipinski definition) is 1. The molecule has 1 heterocycles. The lowest BCUT2D eigenvalue weighted by Crippen LogP contribution is -2.27. The van der Waals surface area contributed by atoms with E-state index in [1.807, 2.05) is 0 Å². The third-order valence-electron chi connectivity index (χ3n) is 3.51. The lowest BCUT2D eigenvalue weighted by molar-refractivity contribution is 0.530. The predicted molar refractivity (Wildman–Crippen MR) is 66.6 cm³/mol. The van der Waals surface area contributed by atoms with Gasteiger partial charge in [-0.05, 0) is 30.4 Å². The minimum absolute atomic E-state index is 0.803. The van der Waals surface area contributed by atoms with Crippen molar-refractivity contribution in [2.24, 2.45) is 0 Å². The van der Waals surface area contributed by atoms with Gasteiger partial charge in [-0.2, -0.15) is 0 Å². The summed E-state index contributed by atoms with van der Waals surface area (Å²) < 4.78 is 0. The van der Waals surface area contributed by atoms with Crippen LogP contribution in [0.25, 0.3) is 0 Å². The highest BCUT2D eigenvalue weighted by atomic mass is 15.1. The molecule has 0 N–H and O–H groups in total. The van der Waals surface area contributed by atoms with Crippen LogP contribution in [0.2, 0.25) is 0 Å². The van der Waals surface area contributed by atoms with Crippen molar-refractivity contribution in [3.05, 3.63) is 29.8 Å².